The summed E-state index contributed by atoms with van der Waals surface area (Å²) >= 11 is 0. The summed E-state index contributed by atoms with van der Waals surface area (Å²) in [5.74, 6) is -0.397. The van der Waals surface area contributed by atoms with Gasteiger partial charge < -0.3 is 14.9 Å². The Kier molecular flexibility index (Phi) is 3.23. The lowest BCUT2D eigenvalue weighted by atomic mass is 10.2. The van der Waals surface area contributed by atoms with Gasteiger partial charge in [-0.3, -0.25) is 4.98 Å². The van der Waals surface area contributed by atoms with Crippen molar-refractivity contribution in [2.24, 2.45) is 0 Å². The lowest BCUT2D eigenvalue weighted by molar-refractivity contribution is 0.0690. The molecule has 1 unspecified atom stereocenters. The Morgan fingerprint density at radius 2 is 2.24 bits per heavy atom. The standard InChI is InChI=1S/C11H16N4O2/c1-8-7-14(2)3-4-15(8)10-6-12-5-9(13-10)11(16)17/h5-6,8H,3-4,7H2,1-2H3,(H,16,17). The molecule has 0 aromatic carbocycles. The predicted octanol–water partition coefficient (Wildman–Crippen LogP) is 0.315. The second kappa shape index (κ2) is 4.67. The van der Waals surface area contributed by atoms with Gasteiger partial charge in [-0.1, -0.05) is 0 Å². The van der Waals surface area contributed by atoms with Crippen molar-refractivity contribution in [3.05, 3.63) is 18.1 Å². The van der Waals surface area contributed by atoms with E-state index < -0.39 is 5.97 Å². The number of piperazine rings is 1. The van der Waals surface area contributed by atoms with Gasteiger partial charge in [-0.15, -0.1) is 0 Å². The molecule has 1 fully saturated rings. The van der Waals surface area contributed by atoms with Gasteiger partial charge in [0, 0.05) is 25.7 Å². The minimum Gasteiger partial charge on any atom is -0.476 e. The van der Waals surface area contributed by atoms with E-state index in [1.807, 2.05) is 0 Å². The van der Waals surface area contributed by atoms with E-state index in [-0.39, 0.29) is 5.69 Å². The molecule has 1 aromatic heterocycles. The minimum absolute atomic E-state index is 0.00590. The fourth-order valence-corrected chi connectivity index (χ4v) is 2.08. The molecular formula is C11H16N4O2. The van der Waals surface area contributed by atoms with Crippen molar-refractivity contribution in [3.8, 4) is 0 Å². The molecule has 0 radical (unpaired) electrons. The highest BCUT2D eigenvalue weighted by molar-refractivity contribution is 5.85. The first kappa shape index (κ1) is 11.8. The number of rotatable bonds is 2. The normalized spacial score (nSPS) is 21.5. The number of carbonyl (C=O) groups is 1. The topological polar surface area (TPSA) is 69.6 Å². The monoisotopic (exact) mass is 236 g/mol. The van der Waals surface area contributed by atoms with Crippen LogP contribution in [0.4, 0.5) is 5.82 Å². The molecule has 1 atom stereocenters. The molecule has 1 aliphatic rings. The fourth-order valence-electron chi connectivity index (χ4n) is 2.08. The van der Waals surface area contributed by atoms with Gasteiger partial charge in [-0.25, -0.2) is 9.78 Å². The highest BCUT2D eigenvalue weighted by Crippen LogP contribution is 2.16. The van der Waals surface area contributed by atoms with Crippen molar-refractivity contribution < 1.29 is 9.90 Å². The zero-order valence-corrected chi connectivity index (χ0v) is 10.00. The third kappa shape index (κ3) is 2.52. The molecule has 0 spiro atoms. The van der Waals surface area contributed by atoms with E-state index in [4.69, 9.17) is 5.11 Å². The van der Waals surface area contributed by atoms with E-state index in [2.05, 4.69) is 33.7 Å². The van der Waals surface area contributed by atoms with Crippen LogP contribution < -0.4 is 4.90 Å². The number of carboxylic acids is 1. The Labute approximate surface area is 99.9 Å². The molecule has 2 heterocycles. The Morgan fingerprint density at radius 3 is 2.88 bits per heavy atom. The SMILES string of the molecule is CC1CN(C)CCN1c1cncc(C(=O)O)n1. The predicted molar refractivity (Wildman–Crippen MR) is 63.3 cm³/mol. The van der Waals surface area contributed by atoms with Crippen molar-refractivity contribution in [3.63, 3.8) is 0 Å². The second-order valence-corrected chi connectivity index (χ2v) is 4.37. The van der Waals surface area contributed by atoms with Gasteiger partial charge in [0.05, 0.1) is 12.4 Å². The van der Waals surface area contributed by atoms with Crippen LogP contribution in [-0.2, 0) is 0 Å². The summed E-state index contributed by atoms with van der Waals surface area (Å²) in [4.78, 5) is 23.2. The van der Waals surface area contributed by atoms with Gasteiger partial charge in [0.1, 0.15) is 5.82 Å². The average molecular weight is 236 g/mol. The molecular weight excluding hydrogens is 220 g/mol. The van der Waals surface area contributed by atoms with E-state index in [1.54, 1.807) is 6.20 Å². The third-order valence-corrected chi connectivity index (χ3v) is 2.97. The molecule has 0 aliphatic carbocycles. The number of likely N-dealkylation sites (N-methyl/N-ethyl adjacent to an activating group) is 1. The summed E-state index contributed by atoms with van der Waals surface area (Å²) in [6.07, 6.45) is 2.89. The van der Waals surface area contributed by atoms with Crippen molar-refractivity contribution in [1.82, 2.24) is 14.9 Å². The molecule has 1 saturated heterocycles. The number of aromatic carboxylic acids is 1. The van der Waals surface area contributed by atoms with Crippen molar-refractivity contribution in [2.75, 3.05) is 31.6 Å². The lowest BCUT2D eigenvalue weighted by Gasteiger charge is -2.38. The molecule has 6 nitrogen and oxygen atoms in total. The molecule has 6 heteroatoms. The van der Waals surface area contributed by atoms with Crippen LogP contribution in [0.1, 0.15) is 17.4 Å². The van der Waals surface area contributed by atoms with Crippen LogP contribution in [0, 0.1) is 0 Å². The summed E-state index contributed by atoms with van der Waals surface area (Å²) < 4.78 is 0. The smallest absolute Gasteiger partial charge is 0.356 e. The lowest BCUT2D eigenvalue weighted by Crippen LogP contribution is -2.50. The van der Waals surface area contributed by atoms with Crippen LogP contribution >= 0.6 is 0 Å². The number of aromatic nitrogens is 2. The van der Waals surface area contributed by atoms with E-state index in [0.717, 1.165) is 19.6 Å². The van der Waals surface area contributed by atoms with Crippen LogP contribution in [0.25, 0.3) is 0 Å². The number of anilines is 1. The van der Waals surface area contributed by atoms with Crippen LogP contribution in [0.5, 0.6) is 0 Å². The summed E-state index contributed by atoms with van der Waals surface area (Å²) in [6, 6.07) is 0.312. The van der Waals surface area contributed by atoms with E-state index in [9.17, 15) is 4.79 Å². The Hall–Kier alpha value is -1.69. The number of hydrogen-bond acceptors (Lipinski definition) is 5. The van der Waals surface area contributed by atoms with Crippen LogP contribution in [-0.4, -0.2) is 58.7 Å². The van der Waals surface area contributed by atoms with E-state index in [0.29, 0.717) is 11.9 Å². The van der Waals surface area contributed by atoms with Crippen molar-refractivity contribution in [2.45, 2.75) is 13.0 Å². The number of nitrogens with zero attached hydrogens (tertiary/aromatic N) is 4. The first-order valence-corrected chi connectivity index (χ1v) is 5.58. The van der Waals surface area contributed by atoms with Gasteiger partial charge in [0.25, 0.3) is 0 Å². The Balaban J connectivity index is 2.22. The quantitative estimate of drug-likeness (QED) is 0.797. The maximum Gasteiger partial charge on any atom is 0.356 e. The van der Waals surface area contributed by atoms with Gasteiger partial charge in [-0.05, 0) is 14.0 Å². The number of carboxylic acid groups (broad SMARTS) is 1. The molecule has 1 aliphatic heterocycles. The zero-order valence-electron chi connectivity index (χ0n) is 10.00. The highest BCUT2D eigenvalue weighted by Gasteiger charge is 2.23. The fraction of sp³-hybridized carbons (Fsp3) is 0.545. The summed E-state index contributed by atoms with van der Waals surface area (Å²) in [5, 5.41) is 8.89. The molecule has 1 aromatic rings. The average Bonchev–Trinajstić information content (AvgIpc) is 2.29. The first-order valence-electron chi connectivity index (χ1n) is 5.58. The first-order chi connectivity index (χ1) is 8.08. The molecule has 0 saturated carbocycles. The molecule has 2 rings (SSSR count). The second-order valence-electron chi connectivity index (χ2n) is 4.37. The largest absolute Gasteiger partial charge is 0.476 e. The van der Waals surface area contributed by atoms with Gasteiger partial charge in [0.2, 0.25) is 0 Å². The molecule has 0 bridgehead atoms. The van der Waals surface area contributed by atoms with Crippen LogP contribution in [0.3, 0.4) is 0 Å². The Bertz CT molecular complexity index is 424. The minimum atomic E-state index is -1.04. The van der Waals surface area contributed by atoms with Gasteiger partial charge in [-0.2, -0.15) is 0 Å². The highest BCUT2D eigenvalue weighted by atomic mass is 16.4. The maximum absolute atomic E-state index is 10.8. The van der Waals surface area contributed by atoms with Crippen molar-refractivity contribution in [1.29, 1.82) is 0 Å². The zero-order chi connectivity index (χ0) is 12.4. The Morgan fingerprint density at radius 1 is 1.47 bits per heavy atom. The third-order valence-electron chi connectivity index (χ3n) is 2.97. The van der Waals surface area contributed by atoms with E-state index in [1.165, 1.54) is 6.20 Å². The molecule has 0 amide bonds. The summed E-state index contributed by atoms with van der Waals surface area (Å²) in [7, 11) is 2.08. The summed E-state index contributed by atoms with van der Waals surface area (Å²) in [6.45, 7) is 4.84. The van der Waals surface area contributed by atoms with Crippen LogP contribution in [0.15, 0.2) is 12.4 Å². The van der Waals surface area contributed by atoms with Gasteiger partial charge >= 0.3 is 5.97 Å². The maximum atomic E-state index is 10.8. The molecule has 92 valence electrons. The molecule has 17 heavy (non-hydrogen) atoms. The molecule has 1 N–H and O–H groups in total. The van der Waals surface area contributed by atoms with E-state index >= 15 is 0 Å². The summed E-state index contributed by atoms with van der Waals surface area (Å²) in [5.41, 5.74) is -0.00590. The van der Waals surface area contributed by atoms with Crippen molar-refractivity contribution >= 4 is 11.8 Å². The van der Waals surface area contributed by atoms with Gasteiger partial charge in [0.15, 0.2) is 5.69 Å². The van der Waals surface area contributed by atoms with Crippen LogP contribution in [0.2, 0.25) is 0 Å². The number of hydrogen-bond donors (Lipinski definition) is 1.